The van der Waals surface area contributed by atoms with Crippen LogP contribution in [0.25, 0.3) is 0 Å². The van der Waals surface area contributed by atoms with E-state index in [2.05, 4.69) is 4.98 Å². The van der Waals surface area contributed by atoms with E-state index in [1.165, 1.54) is 0 Å². The van der Waals surface area contributed by atoms with Gasteiger partial charge in [0.25, 0.3) is 10.0 Å². The molecule has 0 radical (unpaired) electrons. The minimum Gasteiger partial charge on any atom is -0.487 e. The van der Waals surface area contributed by atoms with Gasteiger partial charge in [-0.25, -0.2) is 18.5 Å². The van der Waals surface area contributed by atoms with Crippen molar-refractivity contribution < 1.29 is 13.2 Å². The third-order valence-corrected chi connectivity index (χ3v) is 3.31. The molecule has 0 atom stereocenters. The van der Waals surface area contributed by atoms with Crippen molar-refractivity contribution in [3.05, 3.63) is 15.8 Å². The number of sulfonamides is 1. The molecule has 15 heavy (non-hydrogen) atoms. The summed E-state index contributed by atoms with van der Waals surface area (Å²) in [5, 5.41) is 4.87. The molecule has 0 saturated heterocycles. The van der Waals surface area contributed by atoms with Gasteiger partial charge in [0.05, 0.1) is 6.10 Å². The Hall–Kier alpha value is -0.410. The molecule has 5 nitrogen and oxygen atoms in total. The standard InChI is InChI=1S/C8H9IN2O3S/c9-7-4-3-6(14-5-1-2-5)8(11-7)15(10,12)13/h3-5H,1-2H2,(H2,10,12,13). The third kappa shape index (κ3) is 2.79. The lowest BCUT2D eigenvalue weighted by Crippen LogP contribution is -2.16. The zero-order valence-corrected chi connectivity index (χ0v) is 10.7. The molecule has 0 aromatic carbocycles. The molecule has 0 bridgehead atoms. The highest BCUT2D eigenvalue weighted by Gasteiger charge is 2.27. The van der Waals surface area contributed by atoms with Gasteiger partial charge in [0, 0.05) is 0 Å². The monoisotopic (exact) mass is 340 g/mol. The second-order valence-corrected chi connectivity index (χ2v) is 5.88. The summed E-state index contributed by atoms with van der Waals surface area (Å²) < 4.78 is 28.5. The highest BCUT2D eigenvalue weighted by atomic mass is 127. The molecule has 0 amide bonds. The van der Waals surface area contributed by atoms with Crippen molar-refractivity contribution in [3.63, 3.8) is 0 Å². The Labute approximate surface area is 101 Å². The van der Waals surface area contributed by atoms with Crippen LogP contribution in [-0.2, 0) is 10.0 Å². The maximum Gasteiger partial charge on any atom is 0.259 e. The number of hydrogen-bond acceptors (Lipinski definition) is 4. The third-order valence-electron chi connectivity index (χ3n) is 1.88. The first-order valence-corrected chi connectivity index (χ1v) is 6.95. The van der Waals surface area contributed by atoms with Gasteiger partial charge in [0.1, 0.15) is 3.70 Å². The quantitative estimate of drug-likeness (QED) is 0.654. The Morgan fingerprint density at radius 1 is 1.47 bits per heavy atom. The Balaban J connectivity index is 2.43. The molecule has 2 rings (SSSR count). The zero-order chi connectivity index (χ0) is 11.1. The molecular weight excluding hydrogens is 331 g/mol. The van der Waals surface area contributed by atoms with Crippen LogP contribution >= 0.6 is 22.6 Å². The van der Waals surface area contributed by atoms with Gasteiger partial charge in [-0.15, -0.1) is 0 Å². The van der Waals surface area contributed by atoms with Gasteiger partial charge in [-0.1, -0.05) is 0 Å². The predicted molar refractivity (Wildman–Crippen MR) is 62.0 cm³/mol. The van der Waals surface area contributed by atoms with Gasteiger partial charge in [-0.2, -0.15) is 0 Å². The smallest absolute Gasteiger partial charge is 0.259 e. The molecule has 0 spiro atoms. The van der Waals surface area contributed by atoms with E-state index in [-0.39, 0.29) is 16.9 Å². The van der Waals surface area contributed by atoms with Crippen LogP contribution in [0.2, 0.25) is 0 Å². The maximum atomic E-state index is 11.2. The van der Waals surface area contributed by atoms with Gasteiger partial charge in [0.15, 0.2) is 5.75 Å². The van der Waals surface area contributed by atoms with Crippen molar-refractivity contribution in [1.29, 1.82) is 0 Å². The van der Waals surface area contributed by atoms with E-state index in [4.69, 9.17) is 9.88 Å². The van der Waals surface area contributed by atoms with Crippen molar-refractivity contribution in [1.82, 2.24) is 4.98 Å². The van der Waals surface area contributed by atoms with Gasteiger partial charge in [0.2, 0.25) is 5.03 Å². The molecule has 1 aromatic heterocycles. The van der Waals surface area contributed by atoms with Gasteiger partial charge >= 0.3 is 0 Å². The molecule has 1 aliphatic carbocycles. The molecule has 1 aliphatic rings. The zero-order valence-electron chi connectivity index (χ0n) is 7.68. The summed E-state index contributed by atoms with van der Waals surface area (Å²) in [6.45, 7) is 0. The van der Waals surface area contributed by atoms with Crippen molar-refractivity contribution in [2.24, 2.45) is 5.14 Å². The van der Waals surface area contributed by atoms with Crippen LogP contribution in [0.4, 0.5) is 0 Å². The van der Waals surface area contributed by atoms with Crippen LogP contribution in [0.5, 0.6) is 5.75 Å². The minimum absolute atomic E-state index is 0.118. The fraction of sp³-hybridized carbons (Fsp3) is 0.375. The number of aromatic nitrogens is 1. The molecule has 82 valence electrons. The highest BCUT2D eigenvalue weighted by molar-refractivity contribution is 14.1. The first-order chi connectivity index (χ1) is 6.97. The lowest BCUT2D eigenvalue weighted by Gasteiger charge is -2.08. The summed E-state index contributed by atoms with van der Waals surface area (Å²) in [5.41, 5.74) is 0. The first-order valence-electron chi connectivity index (χ1n) is 4.33. The number of rotatable bonds is 3. The Bertz CT molecular complexity index is 485. The van der Waals surface area contributed by atoms with Crippen molar-refractivity contribution in [3.8, 4) is 5.75 Å². The van der Waals surface area contributed by atoms with Crippen molar-refractivity contribution in [2.45, 2.75) is 24.0 Å². The predicted octanol–water partition coefficient (Wildman–Crippen LogP) is 0.875. The molecule has 1 aromatic rings. The fourth-order valence-corrected chi connectivity index (χ4v) is 2.27. The topological polar surface area (TPSA) is 82.3 Å². The van der Waals surface area contributed by atoms with E-state index in [0.717, 1.165) is 12.8 Å². The normalized spacial score (nSPS) is 16.4. The largest absolute Gasteiger partial charge is 0.487 e. The summed E-state index contributed by atoms with van der Waals surface area (Å²) >= 11 is 1.92. The van der Waals surface area contributed by atoms with E-state index in [1.807, 2.05) is 22.6 Å². The average molecular weight is 340 g/mol. The molecule has 0 aliphatic heterocycles. The number of nitrogens with two attached hydrogens (primary N) is 1. The summed E-state index contributed by atoms with van der Waals surface area (Å²) in [6, 6.07) is 3.28. The number of halogens is 1. The molecule has 0 unspecified atom stereocenters. The number of ether oxygens (including phenoxy) is 1. The van der Waals surface area contributed by atoms with Crippen molar-refractivity contribution in [2.75, 3.05) is 0 Å². The van der Waals surface area contributed by atoms with Crippen LogP contribution in [0.1, 0.15) is 12.8 Å². The number of hydrogen-bond donors (Lipinski definition) is 1. The van der Waals surface area contributed by atoms with Crippen LogP contribution < -0.4 is 9.88 Å². The van der Waals surface area contributed by atoms with E-state index in [0.29, 0.717) is 3.70 Å². The molecular formula is C8H9IN2O3S. The Morgan fingerprint density at radius 3 is 2.67 bits per heavy atom. The second kappa shape index (κ2) is 3.87. The molecule has 1 fully saturated rings. The molecule has 7 heteroatoms. The Morgan fingerprint density at radius 2 is 2.13 bits per heavy atom. The lowest BCUT2D eigenvalue weighted by atomic mass is 10.5. The Kier molecular flexibility index (Phi) is 2.86. The summed E-state index contributed by atoms with van der Waals surface area (Å²) in [4.78, 5) is 3.87. The summed E-state index contributed by atoms with van der Waals surface area (Å²) in [5.74, 6) is 0.250. The maximum absolute atomic E-state index is 11.2. The van der Waals surface area contributed by atoms with E-state index < -0.39 is 10.0 Å². The summed E-state index contributed by atoms with van der Waals surface area (Å²) in [6.07, 6.45) is 2.03. The second-order valence-electron chi connectivity index (χ2n) is 3.30. The van der Waals surface area contributed by atoms with E-state index >= 15 is 0 Å². The average Bonchev–Trinajstić information content (AvgIpc) is 2.90. The van der Waals surface area contributed by atoms with Gasteiger partial charge in [-0.3, -0.25) is 0 Å². The summed E-state index contributed by atoms with van der Waals surface area (Å²) in [7, 11) is -3.81. The SMILES string of the molecule is NS(=O)(=O)c1nc(I)ccc1OC1CC1. The van der Waals surface area contributed by atoms with Crippen LogP contribution in [-0.4, -0.2) is 19.5 Å². The van der Waals surface area contributed by atoms with Crippen LogP contribution in [0, 0.1) is 3.70 Å². The van der Waals surface area contributed by atoms with Gasteiger partial charge < -0.3 is 4.74 Å². The number of nitrogens with zero attached hydrogens (tertiary/aromatic N) is 1. The lowest BCUT2D eigenvalue weighted by molar-refractivity contribution is 0.292. The van der Waals surface area contributed by atoms with Crippen LogP contribution in [0.3, 0.4) is 0 Å². The molecule has 1 heterocycles. The van der Waals surface area contributed by atoms with E-state index in [1.54, 1.807) is 12.1 Å². The van der Waals surface area contributed by atoms with Crippen LogP contribution in [0.15, 0.2) is 17.2 Å². The van der Waals surface area contributed by atoms with Gasteiger partial charge in [-0.05, 0) is 47.6 Å². The minimum atomic E-state index is -3.81. The number of pyridine rings is 1. The molecule has 1 saturated carbocycles. The first kappa shape index (κ1) is 11.1. The number of primary sulfonamides is 1. The molecule has 2 N–H and O–H groups in total. The fourth-order valence-electron chi connectivity index (χ4n) is 1.06. The highest BCUT2D eigenvalue weighted by Crippen LogP contribution is 2.30. The van der Waals surface area contributed by atoms with Crippen molar-refractivity contribution >= 4 is 32.6 Å². The van der Waals surface area contributed by atoms with E-state index in [9.17, 15) is 8.42 Å².